The molecule has 7 nitrogen and oxygen atoms in total. The quantitative estimate of drug-likeness (QED) is 0.822. The number of hydrogen-bond acceptors (Lipinski definition) is 7. The first-order valence-corrected chi connectivity index (χ1v) is 7.61. The Morgan fingerprint density at radius 2 is 2.33 bits per heavy atom. The van der Waals surface area contributed by atoms with E-state index in [1.54, 1.807) is 24.3 Å². The lowest BCUT2D eigenvalue weighted by Crippen LogP contribution is -2.44. The van der Waals surface area contributed by atoms with Gasteiger partial charge in [0.15, 0.2) is 18.2 Å². The number of carbonyl (C=O) groups is 1. The number of piperazine rings is 1. The average Bonchev–Trinajstić information content (AvgIpc) is 3.02. The summed E-state index contributed by atoms with van der Waals surface area (Å²) in [6.07, 6.45) is 0. The zero-order chi connectivity index (χ0) is 16.2. The lowest BCUT2D eigenvalue weighted by atomic mass is 10.1. The molecule has 130 valence electrons. The number of aromatic nitrogens is 2. The minimum Gasteiger partial charge on any atom is -0.484 e. The molecule has 1 aliphatic heterocycles. The molecule has 1 atom stereocenters. The van der Waals surface area contributed by atoms with Gasteiger partial charge in [-0.2, -0.15) is 4.98 Å². The van der Waals surface area contributed by atoms with Crippen LogP contribution >= 0.6 is 12.4 Å². The normalized spacial score (nSPS) is 18.0. The van der Waals surface area contributed by atoms with Gasteiger partial charge in [-0.15, -0.1) is 12.4 Å². The monoisotopic (exact) mass is 352 g/mol. The third-order valence-electron chi connectivity index (χ3n) is 3.90. The summed E-state index contributed by atoms with van der Waals surface area (Å²) in [6.45, 7) is 4.42. The van der Waals surface area contributed by atoms with Crippen LogP contribution in [0.15, 0.2) is 28.8 Å². The van der Waals surface area contributed by atoms with Gasteiger partial charge < -0.3 is 14.6 Å². The smallest absolute Gasteiger partial charge is 0.264 e. The summed E-state index contributed by atoms with van der Waals surface area (Å²) in [5.74, 6) is 1.69. The van der Waals surface area contributed by atoms with Crippen LogP contribution in [0.1, 0.15) is 35.0 Å². The van der Waals surface area contributed by atoms with E-state index in [2.05, 4.69) is 20.4 Å². The van der Waals surface area contributed by atoms with Gasteiger partial charge >= 0.3 is 0 Å². The molecule has 1 saturated heterocycles. The van der Waals surface area contributed by atoms with Crippen molar-refractivity contribution in [3.05, 3.63) is 41.5 Å². The Labute approximate surface area is 146 Å². The second-order valence-electron chi connectivity index (χ2n) is 5.62. The zero-order valence-corrected chi connectivity index (χ0v) is 14.5. The van der Waals surface area contributed by atoms with Crippen LogP contribution in [0.5, 0.6) is 5.75 Å². The van der Waals surface area contributed by atoms with Crippen molar-refractivity contribution in [1.82, 2.24) is 20.4 Å². The first-order valence-electron chi connectivity index (χ1n) is 7.61. The molecule has 1 aromatic heterocycles. The van der Waals surface area contributed by atoms with E-state index in [9.17, 15) is 4.79 Å². The molecule has 1 unspecified atom stereocenters. The van der Waals surface area contributed by atoms with Crippen LogP contribution in [0.3, 0.4) is 0 Å². The highest BCUT2D eigenvalue weighted by molar-refractivity contribution is 5.94. The molecule has 1 aliphatic rings. The highest BCUT2D eigenvalue weighted by Crippen LogP contribution is 2.19. The van der Waals surface area contributed by atoms with Crippen LogP contribution in [0.2, 0.25) is 0 Å². The van der Waals surface area contributed by atoms with Crippen LogP contribution in [0, 0.1) is 0 Å². The van der Waals surface area contributed by atoms with Crippen molar-refractivity contribution in [1.29, 1.82) is 0 Å². The molecule has 24 heavy (non-hydrogen) atoms. The number of carbonyl (C=O) groups excluding carboxylic acids is 1. The number of Topliss-reactive ketones (excluding diaryl/α,β-unsaturated/α-hetero) is 1. The Kier molecular flexibility index (Phi) is 6.30. The molecule has 2 aromatic rings. The van der Waals surface area contributed by atoms with Crippen LogP contribution in [-0.2, 0) is 6.61 Å². The van der Waals surface area contributed by atoms with Crippen molar-refractivity contribution in [2.45, 2.75) is 19.6 Å². The van der Waals surface area contributed by atoms with Crippen molar-refractivity contribution < 1.29 is 14.1 Å². The summed E-state index contributed by atoms with van der Waals surface area (Å²) in [5, 5.41) is 7.37. The SMILES string of the molecule is CC(=O)c1cccc(OCc2nc(C3CNCCN3C)no2)c1.Cl. The minimum absolute atomic E-state index is 0. The molecular weight excluding hydrogens is 332 g/mol. The summed E-state index contributed by atoms with van der Waals surface area (Å²) < 4.78 is 10.9. The van der Waals surface area contributed by atoms with Gasteiger partial charge in [0.1, 0.15) is 5.75 Å². The number of benzene rings is 1. The second kappa shape index (κ2) is 8.23. The zero-order valence-electron chi connectivity index (χ0n) is 13.7. The third kappa shape index (κ3) is 4.31. The molecule has 2 heterocycles. The number of hydrogen-bond donors (Lipinski definition) is 1. The summed E-state index contributed by atoms with van der Waals surface area (Å²) >= 11 is 0. The highest BCUT2D eigenvalue weighted by Gasteiger charge is 2.25. The maximum atomic E-state index is 11.4. The molecule has 0 amide bonds. The van der Waals surface area contributed by atoms with Crippen molar-refractivity contribution >= 4 is 18.2 Å². The fourth-order valence-corrected chi connectivity index (χ4v) is 2.51. The van der Waals surface area contributed by atoms with Gasteiger partial charge in [-0.25, -0.2) is 0 Å². The van der Waals surface area contributed by atoms with E-state index >= 15 is 0 Å². The van der Waals surface area contributed by atoms with E-state index < -0.39 is 0 Å². The Hall–Kier alpha value is -1.96. The van der Waals surface area contributed by atoms with E-state index in [1.165, 1.54) is 6.92 Å². The van der Waals surface area contributed by atoms with Gasteiger partial charge in [-0.05, 0) is 26.1 Å². The van der Waals surface area contributed by atoms with Gasteiger partial charge in [0.25, 0.3) is 5.89 Å². The Balaban J connectivity index is 0.00000208. The Morgan fingerprint density at radius 1 is 1.50 bits per heavy atom. The Bertz CT molecular complexity index is 691. The molecule has 0 bridgehead atoms. The van der Waals surface area contributed by atoms with E-state index in [-0.39, 0.29) is 30.8 Å². The molecule has 8 heteroatoms. The lowest BCUT2D eigenvalue weighted by Gasteiger charge is -2.30. The topological polar surface area (TPSA) is 80.5 Å². The largest absolute Gasteiger partial charge is 0.484 e. The third-order valence-corrected chi connectivity index (χ3v) is 3.90. The summed E-state index contributed by atoms with van der Waals surface area (Å²) in [6, 6.07) is 7.16. The number of halogens is 1. The molecule has 1 N–H and O–H groups in total. The van der Waals surface area contributed by atoms with Crippen molar-refractivity contribution in [2.75, 3.05) is 26.7 Å². The van der Waals surface area contributed by atoms with Gasteiger partial charge in [0.05, 0.1) is 6.04 Å². The first kappa shape index (κ1) is 18.4. The van der Waals surface area contributed by atoms with Gasteiger partial charge in [0, 0.05) is 25.2 Å². The summed E-state index contributed by atoms with van der Waals surface area (Å²) in [4.78, 5) is 18.0. The number of ketones is 1. The van der Waals surface area contributed by atoms with Crippen LogP contribution in [-0.4, -0.2) is 47.5 Å². The van der Waals surface area contributed by atoms with Crippen LogP contribution in [0.25, 0.3) is 0 Å². The van der Waals surface area contributed by atoms with E-state index in [1.807, 2.05) is 7.05 Å². The van der Waals surface area contributed by atoms with E-state index in [4.69, 9.17) is 9.26 Å². The molecular formula is C16H21ClN4O3. The molecule has 0 aliphatic carbocycles. The molecule has 0 saturated carbocycles. The fourth-order valence-electron chi connectivity index (χ4n) is 2.51. The number of nitrogens with zero attached hydrogens (tertiary/aromatic N) is 3. The van der Waals surface area contributed by atoms with Gasteiger partial charge in [-0.1, -0.05) is 17.3 Å². The lowest BCUT2D eigenvalue weighted by molar-refractivity contribution is 0.101. The summed E-state index contributed by atoms with van der Waals surface area (Å²) in [5.41, 5.74) is 0.614. The van der Waals surface area contributed by atoms with Crippen molar-refractivity contribution in [3.63, 3.8) is 0 Å². The molecule has 1 fully saturated rings. The fraction of sp³-hybridized carbons (Fsp3) is 0.438. The predicted molar refractivity (Wildman–Crippen MR) is 90.6 cm³/mol. The number of likely N-dealkylation sites (N-methyl/N-ethyl adjacent to an activating group) is 1. The summed E-state index contributed by atoms with van der Waals surface area (Å²) in [7, 11) is 2.05. The van der Waals surface area contributed by atoms with E-state index in [0.717, 1.165) is 19.6 Å². The number of ether oxygens (including phenoxy) is 1. The van der Waals surface area contributed by atoms with Gasteiger partial charge in [0.2, 0.25) is 0 Å². The standard InChI is InChI=1S/C16H20N4O3.ClH/c1-11(21)12-4-3-5-13(8-12)22-10-15-18-16(19-23-15)14-9-17-6-7-20(14)2;/h3-5,8,14,17H,6-7,9-10H2,1-2H3;1H. The Morgan fingerprint density at radius 3 is 3.08 bits per heavy atom. The van der Waals surface area contributed by atoms with Crippen molar-refractivity contribution in [2.24, 2.45) is 0 Å². The maximum Gasteiger partial charge on any atom is 0.264 e. The predicted octanol–water partition coefficient (Wildman–Crippen LogP) is 1.85. The maximum absolute atomic E-state index is 11.4. The number of nitrogens with one attached hydrogen (secondary N) is 1. The molecule has 1 aromatic carbocycles. The minimum atomic E-state index is 0. The molecule has 0 spiro atoms. The second-order valence-corrected chi connectivity index (χ2v) is 5.62. The van der Waals surface area contributed by atoms with Crippen molar-refractivity contribution in [3.8, 4) is 5.75 Å². The van der Waals surface area contributed by atoms with Gasteiger partial charge in [-0.3, -0.25) is 9.69 Å². The highest BCUT2D eigenvalue weighted by atomic mass is 35.5. The first-order chi connectivity index (χ1) is 11.1. The number of rotatable bonds is 5. The average molecular weight is 353 g/mol. The van der Waals surface area contributed by atoms with Crippen LogP contribution in [0.4, 0.5) is 0 Å². The molecule has 0 radical (unpaired) electrons. The van der Waals surface area contributed by atoms with E-state index in [0.29, 0.717) is 23.0 Å². The molecule has 3 rings (SSSR count). The van der Waals surface area contributed by atoms with Crippen LogP contribution < -0.4 is 10.1 Å².